The summed E-state index contributed by atoms with van der Waals surface area (Å²) in [6, 6.07) is 1.47. The van der Waals surface area contributed by atoms with Crippen LogP contribution in [-0.4, -0.2) is 36.6 Å². The predicted molar refractivity (Wildman–Crippen MR) is 83.4 cm³/mol. The Balaban J connectivity index is 1.87. The van der Waals surface area contributed by atoms with Crippen molar-refractivity contribution < 1.29 is 0 Å². The molecule has 2 heteroatoms. The largest absolute Gasteiger partial charge is 0.311 e. The van der Waals surface area contributed by atoms with Crippen LogP contribution in [0.5, 0.6) is 0 Å². The first-order valence-electron chi connectivity index (χ1n) is 8.31. The zero-order valence-corrected chi connectivity index (χ0v) is 13.1. The summed E-state index contributed by atoms with van der Waals surface area (Å²) in [7, 11) is 0. The Hall–Kier alpha value is -0.340. The molecule has 19 heavy (non-hydrogen) atoms. The van der Waals surface area contributed by atoms with E-state index in [0.29, 0.717) is 6.04 Å². The van der Waals surface area contributed by atoms with E-state index in [1.54, 1.807) is 0 Å². The molecule has 0 spiro atoms. The highest BCUT2D eigenvalue weighted by molar-refractivity contribution is 4.93. The summed E-state index contributed by atoms with van der Waals surface area (Å²) < 4.78 is 0. The maximum Gasteiger partial charge on any atom is 0.0218 e. The van der Waals surface area contributed by atoms with E-state index in [4.69, 9.17) is 0 Å². The minimum absolute atomic E-state index is 0.710. The lowest BCUT2D eigenvalue weighted by Crippen LogP contribution is -2.57. The van der Waals surface area contributed by atoms with E-state index in [2.05, 4.69) is 43.1 Å². The van der Waals surface area contributed by atoms with Crippen LogP contribution in [0.3, 0.4) is 0 Å². The van der Waals surface area contributed by atoms with Gasteiger partial charge in [0.05, 0.1) is 0 Å². The van der Waals surface area contributed by atoms with Crippen LogP contribution >= 0.6 is 0 Å². The van der Waals surface area contributed by atoms with Crippen LogP contribution < -0.4 is 5.32 Å². The van der Waals surface area contributed by atoms with Crippen LogP contribution in [0, 0.1) is 11.8 Å². The molecule has 1 heterocycles. The number of piperazine rings is 1. The molecule has 0 amide bonds. The van der Waals surface area contributed by atoms with Crippen molar-refractivity contribution in [2.75, 3.05) is 19.6 Å². The number of allylic oxidation sites excluding steroid dienone is 2. The van der Waals surface area contributed by atoms with Gasteiger partial charge in [0, 0.05) is 31.7 Å². The Morgan fingerprint density at radius 2 is 2.16 bits per heavy atom. The summed E-state index contributed by atoms with van der Waals surface area (Å²) in [5.74, 6) is 1.70. The number of rotatable bonds is 5. The first-order chi connectivity index (χ1) is 9.19. The molecule has 1 saturated heterocycles. The van der Waals surface area contributed by atoms with Crippen molar-refractivity contribution in [1.82, 2.24) is 10.2 Å². The topological polar surface area (TPSA) is 15.3 Å². The van der Waals surface area contributed by atoms with E-state index < -0.39 is 0 Å². The molecule has 1 aliphatic carbocycles. The van der Waals surface area contributed by atoms with Crippen molar-refractivity contribution in [3.05, 3.63) is 12.2 Å². The van der Waals surface area contributed by atoms with Crippen LogP contribution in [0.2, 0.25) is 0 Å². The van der Waals surface area contributed by atoms with E-state index in [1.807, 2.05) is 0 Å². The molecule has 1 N–H and O–H groups in total. The normalized spacial score (nSPS) is 32.9. The molecule has 0 aromatic heterocycles. The van der Waals surface area contributed by atoms with Crippen molar-refractivity contribution in [2.24, 2.45) is 11.8 Å². The average molecular weight is 264 g/mol. The van der Waals surface area contributed by atoms with Gasteiger partial charge in [-0.05, 0) is 43.9 Å². The summed E-state index contributed by atoms with van der Waals surface area (Å²) in [5, 5.41) is 3.76. The maximum absolute atomic E-state index is 3.76. The van der Waals surface area contributed by atoms with Gasteiger partial charge in [-0.3, -0.25) is 4.90 Å². The van der Waals surface area contributed by atoms with Crippen molar-refractivity contribution >= 4 is 0 Å². The molecule has 0 bridgehead atoms. The first-order valence-corrected chi connectivity index (χ1v) is 8.31. The van der Waals surface area contributed by atoms with Crippen molar-refractivity contribution in [2.45, 2.75) is 65.0 Å². The third-order valence-electron chi connectivity index (χ3n) is 4.71. The van der Waals surface area contributed by atoms with E-state index in [1.165, 1.54) is 51.7 Å². The van der Waals surface area contributed by atoms with Gasteiger partial charge in [-0.25, -0.2) is 0 Å². The number of hydrogen-bond donors (Lipinski definition) is 1. The molecular weight excluding hydrogens is 232 g/mol. The first kappa shape index (κ1) is 15.1. The molecule has 3 atom stereocenters. The minimum Gasteiger partial charge on any atom is -0.311 e. The Morgan fingerprint density at radius 3 is 2.79 bits per heavy atom. The molecule has 0 radical (unpaired) electrons. The van der Waals surface area contributed by atoms with Crippen molar-refractivity contribution in [3.8, 4) is 0 Å². The van der Waals surface area contributed by atoms with Crippen molar-refractivity contribution in [3.63, 3.8) is 0 Å². The fourth-order valence-electron chi connectivity index (χ4n) is 3.64. The Kier molecular flexibility index (Phi) is 5.90. The second-order valence-electron chi connectivity index (χ2n) is 6.90. The SMILES string of the molecule is CCC1CNC(CC(C)C)CN1CC1CC=CCC1. The van der Waals surface area contributed by atoms with Gasteiger partial charge in [-0.2, -0.15) is 0 Å². The summed E-state index contributed by atoms with van der Waals surface area (Å²) in [4.78, 5) is 2.79. The van der Waals surface area contributed by atoms with Gasteiger partial charge in [-0.1, -0.05) is 32.9 Å². The summed E-state index contributed by atoms with van der Waals surface area (Å²) in [6.45, 7) is 10.8. The Labute approximate surface area is 119 Å². The number of nitrogens with one attached hydrogen (secondary N) is 1. The molecule has 2 nitrogen and oxygen atoms in total. The molecule has 1 aliphatic heterocycles. The summed E-state index contributed by atoms with van der Waals surface area (Å²) in [5.41, 5.74) is 0. The molecular formula is C17H32N2. The van der Waals surface area contributed by atoms with Crippen LogP contribution in [0.25, 0.3) is 0 Å². The monoisotopic (exact) mass is 264 g/mol. The minimum atomic E-state index is 0.710. The Bertz CT molecular complexity index is 285. The van der Waals surface area contributed by atoms with E-state index >= 15 is 0 Å². The predicted octanol–water partition coefficient (Wildman–Crippen LogP) is 3.44. The van der Waals surface area contributed by atoms with Gasteiger partial charge in [0.2, 0.25) is 0 Å². The van der Waals surface area contributed by atoms with Gasteiger partial charge >= 0.3 is 0 Å². The van der Waals surface area contributed by atoms with E-state index in [0.717, 1.165) is 17.9 Å². The maximum atomic E-state index is 3.76. The highest BCUT2D eigenvalue weighted by Gasteiger charge is 2.28. The molecule has 3 unspecified atom stereocenters. The second-order valence-corrected chi connectivity index (χ2v) is 6.90. The lowest BCUT2D eigenvalue weighted by atomic mass is 9.91. The molecule has 1 fully saturated rings. The van der Waals surface area contributed by atoms with Gasteiger partial charge in [0.15, 0.2) is 0 Å². The zero-order valence-electron chi connectivity index (χ0n) is 13.1. The summed E-state index contributed by atoms with van der Waals surface area (Å²) in [6.07, 6.45) is 11.3. The van der Waals surface area contributed by atoms with Crippen LogP contribution in [-0.2, 0) is 0 Å². The molecule has 2 rings (SSSR count). The van der Waals surface area contributed by atoms with Gasteiger partial charge in [0.1, 0.15) is 0 Å². The van der Waals surface area contributed by atoms with Gasteiger partial charge in [0.25, 0.3) is 0 Å². The smallest absolute Gasteiger partial charge is 0.0218 e. The fraction of sp³-hybridized carbons (Fsp3) is 0.882. The second kappa shape index (κ2) is 7.44. The molecule has 110 valence electrons. The van der Waals surface area contributed by atoms with E-state index in [9.17, 15) is 0 Å². The van der Waals surface area contributed by atoms with Crippen LogP contribution in [0.15, 0.2) is 12.2 Å². The number of hydrogen-bond acceptors (Lipinski definition) is 2. The third-order valence-corrected chi connectivity index (χ3v) is 4.71. The Morgan fingerprint density at radius 1 is 1.32 bits per heavy atom. The van der Waals surface area contributed by atoms with Crippen molar-refractivity contribution in [1.29, 1.82) is 0 Å². The van der Waals surface area contributed by atoms with Gasteiger partial charge < -0.3 is 5.32 Å². The fourth-order valence-corrected chi connectivity index (χ4v) is 3.64. The summed E-state index contributed by atoms with van der Waals surface area (Å²) >= 11 is 0. The van der Waals surface area contributed by atoms with Crippen LogP contribution in [0.4, 0.5) is 0 Å². The number of nitrogens with zero attached hydrogens (tertiary/aromatic N) is 1. The third kappa shape index (κ3) is 4.61. The van der Waals surface area contributed by atoms with Gasteiger partial charge in [-0.15, -0.1) is 0 Å². The van der Waals surface area contributed by atoms with E-state index in [-0.39, 0.29) is 0 Å². The highest BCUT2D eigenvalue weighted by Crippen LogP contribution is 2.23. The average Bonchev–Trinajstić information content (AvgIpc) is 2.39. The molecule has 0 saturated carbocycles. The zero-order chi connectivity index (χ0) is 13.7. The van der Waals surface area contributed by atoms with Crippen LogP contribution in [0.1, 0.15) is 52.9 Å². The highest BCUT2D eigenvalue weighted by atomic mass is 15.2. The lowest BCUT2D eigenvalue weighted by molar-refractivity contribution is 0.0978. The quantitative estimate of drug-likeness (QED) is 0.765. The standard InChI is InChI=1S/C17H32N2/c1-4-17-11-18-16(10-14(2)3)13-19(17)12-15-8-6-5-7-9-15/h5-6,14-18H,4,7-13H2,1-3H3. The molecule has 2 aliphatic rings. The lowest BCUT2D eigenvalue weighted by Gasteiger charge is -2.42. The molecule has 0 aromatic carbocycles. The molecule has 0 aromatic rings.